The molecule has 0 unspecified atom stereocenters. The fourth-order valence-electron chi connectivity index (χ4n) is 2.28. The minimum absolute atomic E-state index is 0. The molecule has 0 aromatic carbocycles. The van der Waals surface area contributed by atoms with E-state index in [0.717, 1.165) is 32.0 Å². The van der Waals surface area contributed by atoms with Crippen molar-refractivity contribution < 1.29 is 0 Å². The van der Waals surface area contributed by atoms with Crippen molar-refractivity contribution in [2.24, 2.45) is 4.99 Å². The minimum Gasteiger partial charge on any atom is -0.356 e. The van der Waals surface area contributed by atoms with Crippen LogP contribution in [0.3, 0.4) is 0 Å². The summed E-state index contributed by atoms with van der Waals surface area (Å²) < 4.78 is 0. The summed E-state index contributed by atoms with van der Waals surface area (Å²) >= 11 is 1.77. The molecule has 0 fully saturated rings. The lowest BCUT2D eigenvalue weighted by Gasteiger charge is -2.21. The normalized spacial score (nSPS) is 11.4. The summed E-state index contributed by atoms with van der Waals surface area (Å²) in [5.41, 5.74) is 0. The van der Waals surface area contributed by atoms with Crippen LogP contribution in [0.1, 0.15) is 38.0 Å². The molecule has 2 N–H and O–H groups in total. The molecule has 0 saturated heterocycles. The molecule has 0 amide bonds. The number of hydrogen-bond donors (Lipinski definition) is 2. The Bertz CT molecular complexity index is 376. The largest absolute Gasteiger partial charge is 0.356 e. The van der Waals surface area contributed by atoms with Crippen LogP contribution < -0.4 is 10.6 Å². The van der Waals surface area contributed by atoms with E-state index in [-0.39, 0.29) is 24.0 Å². The maximum atomic E-state index is 4.26. The highest BCUT2D eigenvalue weighted by atomic mass is 127. The first-order chi connectivity index (χ1) is 10.3. The Kier molecular flexibility index (Phi) is 14.0. The van der Waals surface area contributed by atoms with Crippen molar-refractivity contribution in [1.29, 1.82) is 0 Å². The summed E-state index contributed by atoms with van der Waals surface area (Å²) in [7, 11) is 1.82. The number of hydrogen-bond acceptors (Lipinski definition) is 3. The number of aliphatic imine (C=N–C) groups is 1. The third-order valence-corrected chi connectivity index (χ3v) is 4.13. The number of nitrogens with zero attached hydrogens (tertiary/aromatic N) is 2. The molecule has 0 spiro atoms. The first-order valence-corrected chi connectivity index (χ1v) is 8.87. The van der Waals surface area contributed by atoms with Gasteiger partial charge < -0.3 is 15.5 Å². The van der Waals surface area contributed by atoms with Crippen molar-refractivity contribution in [2.75, 3.05) is 33.2 Å². The van der Waals surface area contributed by atoms with Gasteiger partial charge in [0.2, 0.25) is 0 Å². The summed E-state index contributed by atoms with van der Waals surface area (Å²) in [6, 6.07) is 4.21. The summed E-state index contributed by atoms with van der Waals surface area (Å²) in [6.07, 6.45) is 3.62. The van der Waals surface area contributed by atoms with Gasteiger partial charge in [0.05, 0.1) is 6.54 Å². The lowest BCUT2D eigenvalue weighted by atomic mass is 10.3. The van der Waals surface area contributed by atoms with Crippen LogP contribution in [0.15, 0.2) is 22.5 Å². The fraction of sp³-hybridized carbons (Fsp3) is 0.688. The average molecular weight is 438 g/mol. The van der Waals surface area contributed by atoms with Gasteiger partial charge >= 0.3 is 0 Å². The Hall–Kier alpha value is -0.340. The van der Waals surface area contributed by atoms with Crippen molar-refractivity contribution in [3.05, 3.63) is 22.4 Å². The number of halogens is 1. The van der Waals surface area contributed by atoms with Crippen molar-refractivity contribution in [3.63, 3.8) is 0 Å². The lowest BCUT2D eigenvalue weighted by Crippen LogP contribution is -2.38. The molecule has 0 aliphatic carbocycles. The van der Waals surface area contributed by atoms with E-state index in [1.807, 2.05) is 7.05 Å². The van der Waals surface area contributed by atoms with Crippen LogP contribution in [0, 0.1) is 0 Å². The second kappa shape index (κ2) is 14.3. The van der Waals surface area contributed by atoms with E-state index in [1.54, 1.807) is 11.3 Å². The molecule has 0 radical (unpaired) electrons. The number of guanidine groups is 1. The second-order valence-corrected chi connectivity index (χ2v) is 6.16. The third kappa shape index (κ3) is 9.63. The molecule has 0 bridgehead atoms. The molecule has 128 valence electrons. The molecule has 0 aliphatic rings. The van der Waals surface area contributed by atoms with E-state index >= 15 is 0 Å². The SMILES string of the molecule is CCCN(CCC)CCCNC(=NC)NCc1cccs1.I. The molecular formula is C16H31IN4S. The van der Waals surface area contributed by atoms with Crippen LogP contribution in [-0.2, 0) is 6.54 Å². The van der Waals surface area contributed by atoms with E-state index in [2.05, 4.69) is 51.9 Å². The zero-order chi connectivity index (χ0) is 15.3. The first-order valence-electron chi connectivity index (χ1n) is 7.99. The molecule has 0 saturated carbocycles. The van der Waals surface area contributed by atoms with Crippen LogP contribution >= 0.6 is 35.3 Å². The molecule has 1 aromatic heterocycles. The number of nitrogens with one attached hydrogen (secondary N) is 2. The predicted octanol–water partition coefficient (Wildman–Crippen LogP) is 3.54. The lowest BCUT2D eigenvalue weighted by molar-refractivity contribution is 0.271. The number of rotatable bonds is 10. The predicted molar refractivity (Wildman–Crippen MR) is 110 cm³/mol. The number of thiophene rings is 1. The molecule has 22 heavy (non-hydrogen) atoms. The summed E-state index contributed by atoms with van der Waals surface area (Å²) in [5.74, 6) is 0.890. The van der Waals surface area contributed by atoms with Crippen LogP contribution in [0.2, 0.25) is 0 Å². The van der Waals surface area contributed by atoms with Crippen molar-refractivity contribution in [2.45, 2.75) is 39.7 Å². The first kappa shape index (κ1) is 21.7. The van der Waals surface area contributed by atoms with Gasteiger partial charge in [0.1, 0.15) is 0 Å². The van der Waals surface area contributed by atoms with E-state index in [0.29, 0.717) is 0 Å². The van der Waals surface area contributed by atoms with Crippen LogP contribution in [-0.4, -0.2) is 44.1 Å². The summed E-state index contributed by atoms with van der Waals surface area (Å²) in [5, 5.41) is 8.83. The van der Waals surface area contributed by atoms with E-state index in [4.69, 9.17) is 0 Å². The molecule has 1 rings (SSSR count). The highest BCUT2D eigenvalue weighted by Gasteiger charge is 2.03. The highest BCUT2D eigenvalue weighted by molar-refractivity contribution is 14.0. The fourth-order valence-corrected chi connectivity index (χ4v) is 2.93. The Morgan fingerprint density at radius 2 is 1.91 bits per heavy atom. The van der Waals surface area contributed by atoms with Crippen LogP contribution in [0.5, 0.6) is 0 Å². The van der Waals surface area contributed by atoms with Gasteiger partial charge in [-0.3, -0.25) is 4.99 Å². The topological polar surface area (TPSA) is 39.7 Å². The molecule has 4 nitrogen and oxygen atoms in total. The maximum Gasteiger partial charge on any atom is 0.191 e. The van der Waals surface area contributed by atoms with E-state index in [1.165, 1.54) is 30.8 Å². The Balaban J connectivity index is 0.00000441. The molecule has 0 atom stereocenters. The van der Waals surface area contributed by atoms with Crippen LogP contribution in [0.25, 0.3) is 0 Å². The zero-order valence-corrected chi connectivity index (χ0v) is 17.2. The van der Waals surface area contributed by atoms with E-state index < -0.39 is 0 Å². The van der Waals surface area contributed by atoms with Gasteiger partial charge in [-0.05, 0) is 50.3 Å². The monoisotopic (exact) mass is 438 g/mol. The van der Waals surface area contributed by atoms with Gasteiger partial charge in [-0.2, -0.15) is 0 Å². The third-order valence-electron chi connectivity index (χ3n) is 3.26. The van der Waals surface area contributed by atoms with Gasteiger partial charge in [-0.25, -0.2) is 0 Å². The van der Waals surface area contributed by atoms with Gasteiger partial charge in [0.25, 0.3) is 0 Å². The zero-order valence-electron chi connectivity index (χ0n) is 14.1. The second-order valence-electron chi connectivity index (χ2n) is 5.13. The average Bonchev–Trinajstić information content (AvgIpc) is 3.00. The molecule has 1 aromatic rings. The van der Waals surface area contributed by atoms with Crippen molar-refractivity contribution in [3.8, 4) is 0 Å². The Labute approximate surface area is 156 Å². The standard InChI is InChI=1S/C16H30N4S.HI/c1-4-10-20(11-5-2)12-7-9-18-16(17-3)19-14-15-8-6-13-21-15;/h6,8,13H,4-5,7,9-12,14H2,1-3H3,(H2,17,18,19);1H. The molecule has 1 heterocycles. The Morgan fingerprint density at radius 1 is 1.18 bits per heavy atom. The maximum absolute atomic E-state index is 4.26. The minimum atomic E-state index is 0. The Morgan fingerprint density at radius 3 is 2.45 bits per heavy atom. The molecule has 0 aliphatic heterocycles. The van der Waals surface area contributed by atoms with Crippen molar-refractivity contribution >= 4 is 41.3 Å². The quantitative estimate of drug-likeness (QED) is 0.254. The summed E-state index contributed by atoms with van der Waals surface area (Å²) in [6.45, 7) is 9.88. The van der Waals surface area contributed by atoms with Gasteiger partial charge in [-0.15, -0.1) is 35.3 Å². The van der Waals surface area contributed by atoms with Gasteiger partial charge in [-0.1, -0.05) is 19.9 Å². The van der Waals surface area contributed by atoms with Crippen molar-refractivity contribution in [1.82, 2.24) is 15.5 Å². The summed E-state index contributed by atoms with van der Waals surface area (Å²) in [4.78, 5) is 8.14. The van der Waals surface area contributed by atoms with Crippen LogP contribution in [0.4, 0.5) is 0 Å². The molecule has 6 heteroatoms. The van der Waals surface area contributed by atoms with Gasteiger partial charge in [0.15, 0.2) is 5.96 Å². The smallest absolute Gasteiger partial charge is 0.191 e. The van der Waals surface area contributed by atoms with Gasteiger partial charge in [0, 0.05) is 18.5 Å². The highest BCUT2D eigenvalue weighted by Crippen LogP contribution is 2.07. The van der Waals surface area contributed by atoms with E-state index in [9.17, 15) is 0 Å². The molecular weight excluding hydrogens is 407 g/mol.